The molecular weight excluding hydrogens is 577 g/mol. The Bertz CT molecular complexity index is 1330. The van der Waals surface area contributed by atoms with Gasteiger partial charge in [-0.25, -0.2) is 0 Å². The van der Waals surface area contributed by atoms with Gasteiger partial charge < -0.3 is 34.0 Å². The van der Waals surface area contributed by atoms with E-state index in [9.17, 15) is 24.6 Å². The highest BCUT2D eigenvalue weighted by atomic mass is 28.4. The van der Waals surface area contributed by atoms with E-state index >= 15 is 4.11 Å². The van der Waals surface area contributed by atoms with E-state index in [1.807, 2.05) is 6.92 Å². The Morgan fingerprint density at radius 1 is 1.28 bits per heavy atom. The third kappa shape index (κ3) is 6.66. The van der Waals surface area contributed by atoms with Crippen LogP contribution in [-0.2, 0) is 42.4 Å². The molecule has 4 rings (SSSR count). The summed E-state index contributed by atoms with van der Waals surface area (Å²) in [7, 11) is -2.06. The summed E-state index contributed by atoms with van der Waals surface area (Å²) in [4.78, 5) is 40.0. The number of aromatic nitrogens is 3. The molecule has 0 unspecified atom stereocenters. The number of rotatable bonds is 13. The number of hydrogen-bond acceptors (Lipinski definition) is 9. The molecule has 3 N–H and O–H groups in total. The van der Waals surface area contributed by atoms with E-state index in [1.54, 1.807) is 47.1 Å². The largest absolute Gasteiger partial charge is 0.469 e. The number of carbonyl (C=O) groups is 3. The van der Waals surface area contributed by atoms with Gasteiger partial charge in [0.05, 0.1) is 24.6 Å². The van der Waals surface area contributed by atoms with Crippen LogP contribution in [0.15, 0.2) is 24.4 Å². The Labute approximate surface area is 251 Å². The number of hydrogen-bond donors (Lipinski definition) is 3. The SMILES string of the molecule is COC(=O)CCCCN1C(=O)[C@@]2(O[C@@H](CCn3cc(CCO)nn3)[C@H]([Si](C)(C)F)[C@H]2C)c2cc(NC(=O)[C@H](C)O)ccc21. The number of aryl methyl sites for hydroxylation is 1. The Balaban J connectivity index is 1.69. The van der Waals surface area contributed by atoms with Gasteiger partial charge in [-0.05, 0) is 57.5 Å². The summed E-state index contributed by atoms with van der Waals surface area (Å²) < 4.78 is 29.2. The van der Waals surface area contributed by atoms with Crippen LogP contribution in [-0.4, -0.2) is 83.9 Å². The van der Waals surface area contributed by atoms with Crippen molar-refractivity contribution < 1.29 is 38.2 Å². The number of nitrogens with zero attached hydrogens (tertiary/aromatic N) is 4. The number of methoxy groups -OCH3 is 1. The molecule has 2 amide bonds. The predicted molar refractivity (Wildman–Crippen MR) is 158 cm³/mol. The molecule has 1 aromatic carbocycles. The number of benzene rings is 1. The molecule has 2 aliphatic heterocycles. The molecule has 0 radical (unpaired) electrons. The van der Waals surface area contributed by atoms with Crippen LogP contribution in [0.25, 0.3) is 0 Å². The highest BCUT2D eigenvalue weighted by Gasteiger charge is 2.66. The molecule has 3 heterocycles. The summed E-state index contributed by atoms with van der Waals surface area (Å²) in [6, 6.07) is 5.07. The van der Waals surface area contributed by atoms with Crippen LogP contribution >= 0.6 is 0 Å². The lowest BCUT2D eigenvalue weighted by Crippen LogP contribution is -2.45. The Morgan fingerprint density at radius 3 is 2.67 bits per heavy atom. The lowest BCUT2D eigenvalue weighted by atomic mass is 9.82. The maximum absolute atomic E-state index is 16.1. The van der Waals surface area contributed by atoms with Crippen molar-refractivity contribution in [1.82, 2.24) is 15.0 Å². The third-order valence-electron chi connectivity index (χ3n) is 8.44. The van der Waals surface area contributed by atoms with Crippen molar-refractivity contribution in [2.24, 2.45) is 5.92 Å². The van der Waals surface area contributed by atoms with Crippen molar-refractivity contribution in [3.8, 4) is 0 Å². The maximum Gasteiger partial charge on any atom is 0.305 e. The number of esters is 1. The van der Waals surface area contributed by atoms with Crippen LogP contribution < -0.4 is 10.2 Å². The molecule has 5 atom stereocenters. The Hall–Kier alpha value is -3.20. The first-order valence-corrected chi connectivity index (χ1v) is 17.7. The number of amides is 2. The molecule has 1 saturated heterocycles. The first-order valence-electron chi connectivity index (χ1n) is 14.7. The molecule has 236 valence electrons. The summed E-state index contributed by atoms with van der Waals surface area (Å²) in [5, 5.41) is 29.8. The van der Waals surface area contributed by atoms with Gasteiger partial charge in [0.1, 0.15) is 6.10 Å². The molecule has 43 heavy (non-hydrogen) atoms. The maximum atomic E-state index is 16.1. The van der Waals surface area contributed by atoms with Crippen molar-refractivity contribution in [2.45, 2.75) is 88.9 Å². The van der Waals surface area contributed by atoms with E-state index in [4.69, 9.17) is 9.47 Å². The zero-order chi connectivity index (χ0) is 31.5. The normalized spacial score (nSPS) is 24.0. The summed E-state index contributed by atoms with van der Waals surface area (Å²) in [5.74, 6) is -1.75. The number of carbonyl (C=O) groups excluding carboxylic acids is 3. The smallest absolute Gasteiger partial charge is 0.305 e. The molecule has 0 bridgehead atoms. The zero-order valence-electron chi connectivity index (χ0n) is 25.4. The second-order valence-electron chi connectivity index (χ2n) is 11.9. The van der Waals surface area contributed by atoms with Gasteiger partial charge in [0.2, 0.25) is 8.41 Å². The topological polar surface area (TPSA) is 156 Å². The summed E-state index contributed by atoms with van der Waals surface area (Å²) in [6.45, 7) is 7.13. The molecule has 1 fully saturated rings. The standard InChI is InChI=1S/C29H42FN5O7Si/c1-18-26(43(4,5)30)24(11-14-34-17-21(12-15-36)32-33-34)42-29(18)22-16-20(31-27(39)19(2)37)9-10-23(22)35(28(29)40)13-7-6-8-25(38)41-3/h9-10,16-19,24,26,36-37H,6-8,11-15H2,1-5H3,(H,31,39)/t18-,19+,24+,26-,29+/m1/s1. The van der Waals surface area contributed by atoms with Crippen LogP contribution in [0.4, 0.5) is 15.5 Å². The number of ether oxygens (including phenoxy) is 2. The van der Waals surface area contributed by atoms with Gasteiger partial charge in [-0.3, -0.25) is 19.1 Å². The summed E-state index contributed by atoms with van der Waals surface area (Å²) in [6.07, 6.45) is 1.94. The van der Waals surface area contributed by atoms with Gasteiger partial charge in [-0.1, -0.05) is 12.1 Å². The number of aliphatic hydroxyl groups is 2. The van der Waals surface area contributed by atoms with E-state index in [2.05, 4.69) is 15.6 Å². The molecule has 2 aromatic rings. The number of unbranched alkanes of at least 4 members (excludes halogenated alkanes) is 1. The van der Waals surface area contributed by atoms with Gasteiger partial charge in [0.25, 0.3) is 11.8 Å². The highest BCUT2D eigenvalue weighted by Crippen LogP contribution is 2.60. The molecule has 2 aliphatic rings. The monoisotopic (exact) mass is 619 g/mol. The lowest BCUT2D eigenvalue weighted by Gasteiger charge is -2.31. The fourth-order valence-electron chi connectivity index (χ4n) is 6.44. The summed E-state index contributed by atoms with van der Waals surface area (Å²) >= 11 is 0. The minimum atomic E-state index is -3.39. The average molecular weight is 620 g/mol. The van der Waals surface area contributed by atoms with Crippen LogP contribution in [0.2, 0.25) is 18.6 Å². The second kappa shape index (κ2) is 13.2. The Kier molecular flexibility index (Phi) is 10.0. The minimum Gasteiger partial charge on any atom is -0.469 e. The van der Waals surface area contributed by atoms with Gasteiger partial charge in [-0.15, -0.1) is 5.10 Å². The number of halogens is 1. The average Bonchev–Trinajstić information content (AvgIpc) is 3.59. The van der Waals surface area contributed by atoms with Gasteiger partial charge in [0.15, 0.2) is 5.60 Å². The number of nitrogens with one attached hydrogen (secondary N) is 1. The van der Waals surface area contributed by atoms with Crippen LogP contribution in [0.5, 0.6) is 0 Å². The molecule has 12 nitrogen and oxygen atoms in total. The van der Waals surface area contributed by atoms with Crippen molar-refractivity contribution >= 4 is 37.6 Å². The fraction of sp³-hybridized carbons (Fsp3) is 0.621. The van der Waals surface area contributed by atoms with Crippen LogP contribution in [0.1, 0.15) is 50.8 Å². The van der Waals surface area contributed by atoms with Crippen molar-refractivity contribution in [3.63, 3.8) is 0 Å². The molecule has 0 aliphatic carbocycles. The molecule has 1 aromatic heterocycles. The number of anilines is 2. The van der Waals surface area contributed by atoms with E-state index in [-0.39, 0.29) is 24.9 Å². The molecular formula is C29H42FN5O7Si. The first-order chi connectivity index (χ1) is 20.3. The second-order valence-corrected chi connectivity index (χ2v) is 15.7. The van der Waals surface area contributed by atoms with E-state index in [1.165, 1.54) is 14.0 Å². The van der Waals surface area contributed by atoms with Crippen LogP contribution in [0.3, 0.4) is 0 Å². The van der Waals surface area contributed by atoms with Crippen molar-refractivity contribution in [2.75, 3.05) is 30.5 Å². The summed E-state index contributed by atoms with van der Waals surface area (Å²) in [5.41, 5.74) is 0.159. The quantitative estimate of drug-likeness (QED) is 0.133. The molecule has 1 spiro atoms. The van der Waals surface area contributed by atoms with Gasteiger partial charge in [-0.2, -0.15) is 0 Å². The van der Waals surface area contributed by atoms with Gasteiger partial charge in [0, 0.05) is 61.4 Å². The molecule has 14 heteroatoms. The van der Waals surface area contributed by atoms with Gasteiger partial charge >= 0.3 is 5.97 Å². The number of aliphatic hydroxyl groups excluding tert-OH is 2. The van der Waals surface area contributed by atoms with E-state index in [0.717, 1.165) is 0 Å². The predicted octanol–water partition coefficient (Wildman–Crippen LogP) is 2.69. The molecule has 0 saturated carbocycles. The van der Waals surface area contributed by atoms with Crippen molar-refractivity contribution in [3.05, 3.63) is 35.7 Å². The Morgan fingerprint density at radius 2 is 2.02 bits per heavy atom. The minimum absolute atomic E-state index is 0.0471. The number of fused-ring (bicyclic) bond motifs is 2. The van der Waals surface area contributed by atoms with E-state index in [0.29, 0.717) is 61.4 Å². The fourth-order valence-corrected chi connectivity index (χ4v) is 8.98. The first kappa shape index (κ1) is 32.7. The van der Waals surface area contributed by atoms with Crippen molar-refractivity contribution in [1.29, 1.82) is 0 Å². The van der Waals surface area contributed by atoms with Crippen LogP contribution in [0, 0.1) is 5.92 Å². The lowest BCUT2D eigenvalue weighted by molar-refractivity contribution is -0.146. The zero-order valence-corrected chi connectivity index (χ0v) is 26.4. The highest BCUT2D eigenvalue weighted by molar-refractivity contribution is 6.72. The third-order valence-corrected chi connectivity index (χ3v) is 10.9. The van der Waals surface area contributed by atoms with E-state index < -0.39 is 43.6 Å².